The smallest absolute Gasteiger partial charge is 0.276 e. The number of hydrogen-bond donors (Lipinski definition) is 0. The average Bonchev–Trinajstić information content (AvgIpc) is 2.84. The van der Waals surface area contributed by atoms with Crippen molar-refractivity contribution >= 4 is 22.9 Å². The van der Waals surface area contributed by atoms with Gasteiger partial charge in [0, 0.05) is 23.0 Å². The maximum Gasteiger partial charge on any atom is 0.276 e. The lowest BCUT2D eigenvalue weighted by Crippen LogP contribution is -2.25. The molecular formula is C15H12ClN3O2. The topological polar surface area (TPSA) is 56.4 Å². The number of halogens is 1. The maximum absolute atomic E-state index is 12.3. The van der Waals surface area contributed by atoms with Crippen LogP contribution < -0.4 is 5.56 Å². The van der Waals surface area contributed by atoms with E-state index in [1.807, 2.05) is 6.92 Å². The van der Waals surface area contributed by atoms with Crippen molar-refractivity contribution < 1.29 is 4.79 Å². The van der Waals surface area contributed by atoms with Gasteiger partial charge in [0.2, 0.25) is 0 Å². The van der Waals surface area contributed by atoms with Crippen molar-refractivity contribution in [3.05, 3.63) is 69.4 Å². The van der Waals surface area contributed by atoms with E-state index in [-0.39, 0.29) is 17.9 Å². The molecule has 0 spiro atoms. The van der Waals surface area contributed by atoms with E-state index in [1.54, 1.807) is 42.7 Å². The first-order valence-corrected chi connectivity index (χ1v) is 6.76. The molecule has 0 unspecified atom stereocenters. The van der Waals surface area contributed by atoms with Crippen LogP contribution in [0.25, 0.3) is 5.52 Å². The number of rotatable bonds is 3. The third kappa shape index (κ3) is 2.60. The van der Waals surface area contributed by atoms with Crippen molar-refractivity contribution in [1.82, 2.24) is 14.2 Å². The number of hydrogen-bond acceptors (Lipinski definition) is 3. The quantitative estimate of drug-likeness (QED) is 0.698. The lowest BCUT2D eigenvalue weighted by molar-refractivity contribution is 0.0971. The zero-order chi connectivity index (χ0) is 15.0. The first-order valence-electron chi connectivity index (χ1n) is 6.39. The molecule has 1 aromatic carbocycles. The molecule has 2 aromatic heterocycles. The fraction of sp³-hybridized carbons (Fsp3) is 0.133. The maximum atomic E-state index is 12.3. The van der Waals surface area contributed by atoms with E-state index in [0.717, 1.165) is 5.69 Å². The lowest BCUT2D eigenvalue weighted by atomic mass is 10.1. The summed E-state index contributed by atoms with van der Waals surface area (Å²) in [6, 6.07) is 8.31. The summed E-state index contributed by atoms with van der Waals surface area (Å²) in [6.45, 7) is 1.80. The second-order valence-corrected chi connectivity index (χ2v) is 5.21. The first kappa shape index (κ1) is 13.6. The fourth-order valence-electron chi connectivity index (χ4n) is 2.15. The monoisotopic (exact) mass is 301 g/mol. The Morgan fingerprint density at radius 3 is 2.67 bits per heavy atom. The van der Waals surface area contributed by atoms with Crippen molar-refractivity contribution in [3.63, 3.8) is 0 Å². The van der Waals surface area contributed by atoms with Gasteiger partial charge in [-0.05, 0) is 37.3 Å². The summed E-state index contributed by atoms with van der Waals surface area (Å²) in [4.78, 5) is 24.5. The Bertz CT molecular complexity index is 878. The van der Waals surface area contributed by atoms with Gasteiger partial charge >= 0.3 is 0 Å². The van der Waals surface area contributed by atoms with Crippen LogP contribution >= 0.6 is 11.6 Å². The fourth-order valence-corrected chi connectivity index (χ4v) is 2.28. The molecule has 0 amide bonds. The molecule has 3 rings (SSSR count). The van der Waals surface area contributed by atoms with Crippen molar-refractivity contribution in [3.8, 4) is 0 Å². The molecular weight excluding hydrogens is 290 g/mol. The molecule has 5 nitrogen and oxygen atoms in total. The summed E-state index contributed by atoms with van der Waals surface area (Å²) in [5.41, 5.74) is 1.50. The highest BCUT2D eigenvalue weighted by Gasteiger charge is 2.10. The van der Waals surface area contributed by atoms with Gasteiger partial charge in [-0.25, -0.2) is 4.52 Å². The Hall–Kier alpha value is -2.40. The standard InChI is InChI=1S/C15H12ClN3O2/c1-10-8-13-15(21)18(6-7-19(13)17-10)9-14(20)11-2-4-12(16)5-3-11/h2-8H,9H2,1H3. The average molecular weight is 302 g/mol. The molecule has 0 saturated carbocycles. The van der Waals surface area contributed by atoms with Gasteiger partial charge in [0.05, 0.1) is 12.2 Å². The van der Waals surface area contributed by atoms with E-state index in [2.05, 4.69) is 5.10 Å². The highest BCUT2D eigenvalue weighted by atomic mass is 35.5. The minimum absolute atomic E-state index is 0.0127. The van der Waals surface area contributed by atoms with Gasteiger partial charge in [-0.3, -0.25) is 9.59 Å². The second kappa shape index (κ2) is 5.18. The molecule has 0 saturated heterocycles. The Morgan fingerprint density at radius 1 is 1.24 bits per heavy atom. The van der Waals surface area contributed by atoms with Crippen LogP contribution in [0.3, 0.4) is 0 Å². The van der Waals surface area contributed by atoms with Gasteiger partial charge < -0.3 is 4.57 Å². The number of aryl methyl sites for hydroxylation is 1. The number of nitrogens with zero attached hydrogens (tertiary/aromatic N) is 3. The predicted octanol–water partition coefficient (Wildman–Crippen LogP) is 2.34. The Balaban J connectivity index is 1.94. The molecule has 0 aliphatic carbocycles. The Morgan fingerprint density at radius 2 is 1.95 bits per heavy atom. The molecule has 2 heterocycles. The Kier molecular flexibility index (Phi) is 3.35. The van der Waals surface area contributed by atoms with E-state index in [1.165, 1.54) is 9.08 Å². The minimum atomic E-state index is -0.236. The highest BCUT2D eigenvalue weighted by molar-refractivity contribution is 6.30. The third-order valence-corrected chi connectivity index (χ3v) is 3.46. The predicted molar refractivity (Wildman–Crippen MR) is 80.0 cm³/mol. The molecule has 0 bridgehead atoms. The second-order valence-electron chi connectivity index (χ2n) is 4.78. The number of Topliss-reactive ketones (excluding diaryl/α,β-unsaturated/α-hetero) is 1. The molecule has 6 heteroatoms. The zero-order valence-corrected chi connectivity index (χ0v) is 12.0. The van der Waals surface area contributed by atoms with E-state index in [0.29, 0.717) is 16.1 Å². The summed E-state index contributed by atoms with van der Waals surface area (Å²) < 4.78 is 2.90. The van der Waals surface area contributed by atoms with Gasteiger partial charge in [0.15, 0.2) is 5.78 Å². The molecule has 0 radical (unpaired) electrons. The molecule has 0 fully saturated rings. The summed E-state index contributed by atoms with van der Waals surface area (Å²) in [5, 5.41) is 4.74. The lowest BCUT2D eigenvalue weighted by Gasteiger charge is -2.05. The van der Waals surface area contributed by atoms with Crippen molar-refractivity contribution in [2.75, 3.05) is 0 Å². The number of carbonyl (C=O) groups excluding carboxylic acids is 1. The van der Waals surface area contributed by atoms with Gasteiger partial charge in [-0.1, -0.05) is 11.6 Å². The van der Waals surface area contributed by atoms with Crippen LogP contribution in [0.1, 0.15) is 16.1 Å². The Labute approximate surface area is 125 Å². The summed E-state index contributed by atoms with van der Waals surface area (Å²) in [7, 11) is 0. The molecule has 0 aliphatic rings. The van der Waals surface area contributed by atoms with Gasteiger partial charge in [-0.15, -0.1) is 0 Å². The SMILES string of the molecule is Cc1cc2c(=O)n(CC(=O)c3ccc(Cl)cc3)ccn2n1. The molecule has 21 heavy (non-hydrogen) atoms. The number of aromatic nitrogens is 3. The minimum Gasteiger partial charge on any atom is -0.304 e. The van der Waals surface area contributed by atoms with E-state index in [9.17, 15) is 9.59 Å². The van der Waals surface area contributed by atoms with Crippen LogP contribution in [0.5, 0.6) is 0 Å². The van der Waals surface area contributed by atoms with Gasteiger partial charge in [-0.2, -0.15) is 5.10 Å². The number of carbonyl (C=O) groups is 1. The number of fused-ring (bicyclic) bond motifs is 1. The van der Waals surface area contributed by atoms with E-state index >= 15 is 0 Å². The number of benzene rings is 1. The summed E-state index contributed by atoms with van der Waals surface area (Å²) in [6.07, 6.45) is 3.23. The molecule has 0 atom stereocenters. The summed E-state index contributed by atoms with van der Waals surface area (Å²) in [5.74, 6) is -0.144. The van der Waals surface area contributed by atoms with Crippen molar-refractivity contribution in [2.45, 2.75) is 13.5 Å². The molecule has 106 valence electrons. The largest absolute Gasteiger partial charge is 0.304 e. The third-order valence-electron chi connectivity index (χ3n) is 3.21. The number of ketones is 1. The normalized spacial score (nSPS) is 11.0. The van der Waals surface area contributed by atoms with Gasteiger partial charge in [0.1, 0.15) is 5.52 Å². The van der Waals surface area contributed by atoms with Crippen LogP contribution in [-0.4, -0.2) is 20.0 Å². The van der Waals surface area contributed by atoms with Crippen molar-refractivity contribution in [2.24, 2.45) is 0 Å². The van der Waals surface area contributed by atoms with E-state index < -0.39 is 0 Å². The molecule has 0 aliphatic heterocycles. The first-order chi connectivity index (χ1) is 10.0. The van der Waals surface area contributed by atoms with Gasteiger partial charge in [0.25, 0.3) is 5.56 Å². The molecule has 0 N–H and O–H groups in total. The zero-order valence-electron chi connectivity index (χ0n) is 11.3. The molecule has 3 aromatic rings. The summed E-state index contributed by atoms with van der Waals surface area (Å²) >= 11 is 5.79. The van der Waals surface area contributed by atoms with Crippen LogP contribution in [0, 0.1) is 6.92 Å². The van der Waals surface area contributed by atoms with Crippen molar-refractivity contribution in [1.29, 1.82) is 0 Å². The van der Waals surface area contributed by atoms with Crippen LogP contribution in [0.15, 0.2) is 47.5 Å². The van der Waals surface area contributed by atoms with Crippen LogP contribution in [0.4, 0.5) is 0 Å². The van der Waals surface area contributed by atoms with Crippen LogP contribution in [-0.2, 0) is 6.54 Å². The van der Waals surface area contributed by atoms with Crippen LogP contribution in [0.2, 0.25) is 5.02 Å². The highest BCUT2D eigenvalue weighted by Crippen LogP contribution is 2.10. The van der Waals surface area contributed by atoms with E-state index in [4.69, 9.17) is 11.6 Å².